The molecule has 6 atom stereocenters. The molecule has 3 fully saturated rings. The van der Waals surface area contributed by atoms with Crippen molar-refractivity contribution < 1.29 is 34.8 Å². The van der Waals surface area contributed by atoms with E-state index in [0.717, 1.165) is 58.8 Å². The lowest BCUT2D eigenvalue weighted by molar-refractivity contribution is -0.135. The predicted octanol–water partition coefficient (Wildman–Crippen LogP) is 3.03. The molecule has 0 spiro atoms. The first kappa shape index (κ1) is 24.5. The molecule has 4 rings (SSSR count). The zero-order valence-electron chi connectivity index (χ0n) is 18.3. The van der Waals surface area contributed by atoms with Gasteiger partial charge < -0.3 is 20.4 Å². The van der Waals surface area contributed by atoms with E-state index in [2.05, 4.69) is 6.92 Å². The van der Waals surface area contributed by atoms with E-state index < -0.39 is 11.9 Å². The zero-order chi connectivity index (χ0) is 22.7. The third kappa shape index (κ3) is 4.78. The van der Waals surface area contributed by atoms with E-state index in [-0.39, 0.29) is 29.3 Å². The van der Waals surface area contributed by atoms with Gasteiger partial charge in [-0.05, 0) is 74.2 Å². The van der Waals surface area contributed by atoms with E-state index in [9.17, 15) is 15.0 Å². The second kappa shape index (κ2) is 9.60. The van der Waals surface area contributed by atoms with Crippen molar-refractivity contribution in [2.45, 2.75) is 78.2 Å². The predicted molar refractivity (Wildman–Crippen MR) is 111 cm³/mol. The van der Waals surface area contributed by atoms with Gasteiger partial charge in [0.05, 0.1) is 12.7 Å². The summed E-state index contributed by atoms with van der Waals surface area (Å²) in [5.41, 5.74) is 1.18. The van der Waals surface area contributed by atoms with Gasteiger partial charge in [0.25, 0.3) is 11.9 Å². The van der Waals surface area contributed by atoms with Crippen LogP contribution in [0.15, 0.2) is 11.6 Å². The third-order valence-corrected chi connectivity index (χ3v) is 7.92. The first-order chi connectivity index (χ1) is 14.0. The lowest BCUT2D eigenvalue weighted by Crippen LogP contribution is -2.53. The van der Waals surface area contributed by atoms with E-state index in [1.807, 2.05) is 6.08 Å². The van der Waals surface area contributed by atoms with Crippen LogP contribution in [0.3, 0.4) is 0 Å². The molecule has 0 heterocycles. The number of aliphatic carboxylic acids is 2. The normalized spacial score (nSPS) is 39.0. The summed E-state index contributed by atoms with van der Waals surface area (Å²) in [5, 5.41) is 35.5. The number of carboxylic acid groups (broad SMARTS) is 2. The van der Waals surface area contributed by atoms with Gasteiger partial charge in [-0.25, -0.2) is 0 Å². The van der Waals surface area contributed by atoms with Crippen molar-refractivity contribution in [1.82, 2.24) is 0 Å². The molecule has 170 valence electrons. The average Bonchev–Trinajstić information content (AvgIpc) is 2.95. The Balaban J connectivity index is 0.000000347. The molecule has 0 unspecified atom stereocenters. The Kier molecular flexibility index (Phi) is 7.85. The second-order valence-electron chi connectivity index (χ2n) is 9.54. The number of fused-ring (bicyclic) bond motifs is 5. The molecule has 4 aliphatic carbocycles. The molecule has 0 amide bonds. The van der Waals surface area contributed by atoms with Crippen LogP contribution in [-0.2, 0) is 14.4 Å². The summed E-state index contributed by atoms with van der Waals surface area (Å²) in [7, 11) is 0. The maximum absolute atomic E-state index is 11.8. The highest BCUT2D eigenvalue weighted by Crippen LogP contribution is 2.65. The fraction of sp³-hybridized carbons (Fsp3) is 0.783. The van der Waals surface area contributed by atoms with Crippen LogP contribution in [-0.4, -0.2) is 50.9 Å². The summed E-state index contributed by atoms with van der Waals surface area (Å²) in [6.07, 6.45) is 9.49. The van der Waals surface area contributed by atoms with Crippen LogP contribution in [0.2, 0.25) is 0 Å². The minimum atomic E-state index is -0.833. The van der Waals surface area contributed by atoms with Crippen molar-refractivity contribution >= 4 is 17.7 Å². The molecular formula is C23H36O7. The van der Waals surface area contributed by atoms with Crippen molar-refractivity contribution in [3.63, 3.8) is 0 Å². The summed E-state index contributed by atoms with van der Waals surface area (Å²) < 4.78 is 0. The van der Waals surface area contributed by atoms with E-state index in [0.29, 0.717) is 24.2 Å². The molecule has 3 saturated carbocycles. The van der Waals surface area contributed by atoms with Crippen LogP contribution in [0.25, 0.3) is 0 Å². The van der Waals surface area contributed by atoms with E-state index in [1.165, 1.54) is 5.57 Å². The summed E-state index contributed by atoms with van der Waals surface area (Å²) in [5.74, 6) is 0.306. The Morgan fingerprint density at radius 2 is 1.60 bits per heavy atom. The third-order valence-electron chi connectivity index (χ3n) is 7.92. The lowest BCUT2D eigenvalue weighted by Gasteiger charge is -2.58. The molecule has 0 aromatic carbocycles. The van der Waals surface area contributed by atoms with Crippen LogP contribution >= 0.6 is 0 Å². The Bertz CT molecular complexity index is 680. The van der Waals surface area contributed by atoms with Gasteiger partial charge in [-0.1, -0.05) is 12.5 Å². The summed E-state index contributed by atoms with van der Waals surface area (Å²) in [4.78, 5) is 29.8. The first-order valence-corrected chi connectivity index (χ1v) is 10.9. The van der Waals surface area contributed by atoms with Crippen LogP contribution in [0.4, 0.5) is 0 Å². The van der Waals surface area contributed by atoms with Crippen LogP contribution < -0.4 is 0 Å². The minimum Gasteiger partial charge on any atom is -0.481 e. The Morgan fingerprint density at radius 1 is 1.00 bits per heavy atom. The lowest BCUT2D eigenvalue weighted by atomic mass is 9.47. The number of aliphatic hydroxyl groups excluding tert-OH is 2. The second-order valence-corrected chi connectivity index (χ2v) is 9.54. The van der Waals surface area contributed by atoms with E-state index >= 15 is 0 Å². The van der Waals surface area contributed by atoms with Crippen molar-refractivity contribution in [3.8, 4) is 0 Å². The Morgan fingerprint density at radius 3 is 2.17 bits per heavy atom. The van der Waals surface area contributed by atoms with E-state index in [4.69, 9.17) is 19.8 Å². The number of rotatable bonds is 1. The number of carboxylic acids is 2. The van der Waals surface area contributed by atoms with E-state index in [1.54, 1.807) is 0 Å². The quantitative estimate of drug-likeness (QED) is 0.508. The standard InChI is InChI=1S/C19H28O3.2C2H4O2/c1-18-8-7-16-14(15(18)4-5-17(18)22)3-2-12-10-13(21)6-9-19(12,16)11-20;2*1-2(3)4/h10,14-17,20,22H,2-9,11H2,1H3;2*1H3,(H,3,4)/t14-,15-,16-,17-,18-,19+;;/m0../s1. The van der Waals surface area contributed by atoms with Crippen LogP contribution in [0, 0.1) is 28.6 Å². The molecule has 0 radical (unpaired) electrons. The minimum absolute atomic E-state index is 0.0868. The first-order valence-electron chi connectivity index (χ1n) is 10.9. The molecule has 7 heteroatoms. The van der Waals surface area contributed by atoms with Crippen LogP contribution in [0.1, 0.15) is 72.1 Å². The molecule has 4 N–H and O–H groups in total. The molecule has 4 aliphatic rings. The van der Waals surface area contributed by atoms with Gasteiger partial charge in [0.15, 0.2) is 5.78 Å². The van der Waals surface area contributed by atoms with Gasteiger partial charge in [0.1, 0.15) is 0 Å². The molecule has 0 saturated heterocycles. The van der Waals surface area contributed by atoms with Crippen molar-refractivity contribution in [2.24, 2.45) is 28.6 Å². The van der Waals surface area contributed by atoms with Gasteiger partial charge in [-0.3, -0.25) is 14.4 Å². The highest BCUT2D eigenvalue weighted by Gasteiger charge is 2.59. The summed E-state index contributed by atoms with van der Waals surface area (Å²) >= 11 is 0. The number of hydrogen-bond donors (Lipinski definition) is 4. The maximum Gasteiger partial charge on any atom is 0.300 e. The molecule has 0 aromatic rings. The van der Waals surface area contributed by atoms with Crippen molar-refractivity contribution in [3.05, 3.63) is 11.6 Å². The average molecular weight is 425 g/mol. The summed E-state index contributed by atoms with van der Waals surface area (Å²) in [6, 6.07) is 0. The highest BCUT2D eigenvalue weighted by atomic mass is 16.4. The molecule has 0 aromatic heterocycles. The molecule has 7 nitrogen and oxygen atoms in total. The SMILES string of the molecule is CC(=O)O.CC(=O)O.C[C@]12CC[C@H]3[C@@H](CCC4=CC(=O)CC[C@@]43CO)[C@@H]1CC[C@@H]2O. The van der Waals surface area contributed by atoms with Gasteiger partial charge in [0, 0.05) is 25.7 Å². The van der Waals surface area contributed by atoms with Crippen molar-refractivity contribution in [1.29, 1.82) is 0 Å². The van der Waals surface area contributed by atoms with Gasteiger partial charge >= 0.3 is 0 Å². The molecule has 0 bridgehead atoms. The topological polar surface area (TPSA) is 132 Å². The van der Waals surface area contributed by atoms with Crippen molar-refractivity contribution in [2.75, 3.05) is 6.61 Å². The fourth-order valence-electron chi connectivity index (χ4n) is 6.63. The Labute approximate surface area is 178 Å². The number of carbonyl (C=O) groups excluding carboxylic acids is 1. The maximum atomic E-state index is 11.8. The zero-order valence-corrected chi connectivity index (χ0v) is 18.3. The largest absolute Gasteiger partial charge is 0.481 e. The molecular weight excluding hydrogens is 388 g/mol. The van der Waals surface area contributed by atoms with Gasteiger partial charge in [0.2, 0.25) is 0 Å². The fourth-order valence-corrected chi connectivity index (χ4v) is 6.63. The Hall–Kier alpha value is -1.73. The molecule has 0 aliphatic heterocycles. The number of hydrogen-bond acceptors (Lipinski definition) is 5. The van der Waals surface area contributed by atoms with Gasteiger partial charge in [-0.2, -0.15) is 0 Å². The summed E-state index contributed by atoms with van der Waals surface area (Å²) in [6.45, 7) is 4.65. The number of ketones is 1. The number of aliphatic hydroxyl groups is 2. The smallest absolute Gasteiger partial charge is 0.300 e. The molecule has 30 heavy (non-hydrogen) atoms. The number of carbonyl (C=O) groups is 3. The van der Waals surface area contributed by atoms with Gasteiger partial charge in [-0.15, -0.1) is 0 Å². The van der Waals surface area contributed by atoms with Crippen LogP contribution in [0.5, 0.6) is 0 Å². The monoisotopic (exact) mass is 424 g/mol. The highest BCUT2D eigenvalue weighted by molar-refractivity contribution is 5.91.